The summed E-state index contributed by atoms with van der Waals surface area (Å²) < 4.78 is 2.18. The van der Waals surface area contributed by atoms with Gasteiger partial charge in [0.1, 0.15) is 0 Å². The van der Waals surface area contributed by atoms with Crippen LogP contribution in [0.1, 0.15) is 12.6 Å². The minimum atomic E-state index is 1.24. The lowest BCUT2D eigenvalue weighted by Gasteiger charge is -1.93. The van der Waals surface area contributed by atoms with E-state index in [1.807, 2.05) is 12.2 Å². The first kappa shape index (κ1) is 8.85. The summed E-state index contributed by atoms with van der Waals surface area (Å²) in [5.41, 5.74) is 1.27. The molecular formula is C11H15N. The summed E-state index contributed by atoms with van der Waals surface area (Å²) in [6, 6.07) is 2.16. The lowest BCUT2D eigenvalue weighted by Crippen LogP contribution is -2.26. The molecule has 0 saturated carbocycles. The van der Waals surface area contributed by atoms with Crippen molar-refractivity contribution in [2.45, 2.75) is 13.8 Å². The largest absolute Gasteiger partial charge is 0.348 e. The molecule has 1 nitrogen and oxygen atoms in total. The van der Waals surface area contributed by atoms with Gasteiger partial charge in [0.2, 0.25) is 0 Å². The number of allylic oxidation sites excluding steroid dienone is 1. The first-order chi connectivity index (χ1) is 5.70. The quantitative estimate of drug-likeness (QED) is 0.581. The second-order valence-corrected chi connectivity index (χ2v) is 2.88. The molecule has 12 heavy (non-hydrogen) atoms. The molecule has 1 aromatic rings. The van der Waals surface area contributed by atoms with Crippen LogP contribution in [0.2, 0.25) is 0 Å². The zero-order valence-corrected chi connectivity index (χ0v) is 7.96. The Kier molecular flexibility index (Phi) is 2.54. The number of nitrogens with zero attached hydrogens (tertiary/aromatic N) is 1. The van der Waals surface area contributed by atoms with E-state index in [1.165, 1.54) is 16.3 Å². The number of hydrogen-bond donors (Lipinski definition) is 0. The van der Waals surface area contributed by atoms with Gasteiger partial charge < -0.3 is 4.57 Å². The van der Waals surface area contributed by atoms with Gasteiger partial charge in [-0.05, 0) is 25.1 Å². The highest BCUT2D eigenvalue weighted by Crippen LogP contribution is 1.85. The zero-order valence-electron chi connectivity index (χ0n) is 7.96. The smallest absolute Gasteiger partial charge is 0.0436 e. The molecule has 1 heteroatoms. The molecule has 0 radical (unpaired) electrons. The second-order valence-electron chi connectivity index (χ2n) is 2.88. The van der Waals surface area contributed by atoms with Crippen molar-refractivity contribution in [1.29, 1.82) is 0 Å². The molecule has 0 fully saturated rings. The van der Waals surface area contributed by atoms with Crippen LogP contribution in [-0.2, 0) is 7.05 Å². The topological polar surface area (TPSA) is 4.93 Å². The Morgan fingerprint density at radius 2 is 2.17 bits per heavy atom. The van der Waals surface area contributed by atoms with Crippen molar-refractivity contribution in [2.24, 2.45) is 7.05 Å². The van der Waals surface area contributed by atoms with E-state index in [0.717, 1.165) is 0 Å². The normalized spacial score (nSPS) is 13.9. The molecule has 0 amide bonds. The summed E-state index contributed by atoms with van der Waals surface area (Å²) in [4.78, 5) is 0. The van der Waals surface area contributed by atoms with Crippen LogP contribution in [0.3, 0.4) is 0 Å². The first-order valence-corrected chi connectivity index (χ1v) is 4.12. The highest BCUT2D eigenvalue weighted by atomic mass is 14.9. The summed E-state index contributed by atoms with van der Waals surface area (Å²) in [6.07, 6.45) is 5.96. The number of rotatable bonds is 1. The number of aryl methyl sites for hydroxylation is 1. The maximum absolute atomic E-state index is 3.69. The fourth-order valence-electron chi connectivity index (χ4n) is 1.40. The molecule has 1 rings (SSSR count). The summed E-state index contributed by atoms with van der Waals surface area (Å²) in [5.74, 6) is 0. The van der Waals surface area contributed by atoms with Crippen LogP contribution in [-0.4, -0.2) is 4.57 Å². The molecule has 0 aromatic carbocycles. The van der Waals surface area contributed by atoms with E-state index >= 15 is 0 Å². The third-order valence-corrected chi connectivity index (χ3v) is 2.12. The molecule has 0 aliphatic carbocycles. The predicted octanol–water partition coefficient (Wildman–Crippen LogP) is 1.10. The third-order valence-electron chi connectivity index (χ3n) is 2.12. The van der Waals surface area contributed by atoms with Crippen LogP contribution in [0.5, 0.6) is 0 Å². The summed E-state index contributed by atoms with van der Waals surface area (Å²) in [7, 11) is 2.07. The highest BCUT2D eigenvalue weighted by molar-refractivity contribution is 5.38. The lowest BCUT2D eigenvalue weighted by molar-refractivity contribution is 0.848. The number of hydrogen-bond acceptors (Lipinski definition) is 0. The average molecular weight is 161 g/mol. The molecule has 0 saturated heterocycles. The standard InChI is InChI=1S/C11H15N/c1-5-7-10-8-9(3)12(4)11(10)6-2/h5-8H,1H2,2-4H3/b10-7-,11-6+. The second kappa shape index (κ2) is 3.44. The monoisotopic (exact) mass is 161 g/mol. The van der Waals surface area contributed by atoms with E-state index in [-0.39, 0.29) is 0 Å². The van der Waals surface area contributed by atoms with E-state index in [4.69, 9.17) is 0 Å². The first-order valence-electron chi connectivity index (χ1n) is 4.12. The Morgan fingerprint density at radius 1 is 1.50 bits per heavy atom. The van der Waals surface area contributed by atoms with Crippen LogP contribution < -0.4 is 10.6 Å². The highest BCUT2D eigenvalue weighted by Gasteiger charge is 1.93. The molecule has 0 bridgehead atoms. The van der Waals surface area contributed by atoms with Gasteiger partial charge in [-0.15, -0.1) is 0 Å². The number of aromatic nitrogens is 1. The fraction of sp³-hybridized carbons (Fsp3) is 0.273. The van der Waals surface area contributed by atoms with E-state index in [2.05, 4.69) is 44.2 Å². The van der Waals surface area contributed by atoms with E-state index in [1.54, 1.807) is 0 Å². The van der Waals surface area contributed by atoms with E-state index in [0.29, 0.717) is 0 Å². The Balaban J connectivity index is 3.63. The fourth-order valence-corrected chi connectivity index (χ4v) is 1.40. The molecule has 0 spiro atoms. The van der Waals surface area contributed by atoms with Gasteiger partial charge in [-0.2, -0.15) is 0 Å². The molecule has 0 aliphatic heterocycles. The van der Waals surface area contributed by atoms with Crippen LogP contribution in [0, 0.1) is 6.92 Å². The van der Waals surface area contributed by atoms with Crippen molar-refractivity contribution in [3.8, 4) is 0 Å². The molecule has 0 aliphatic rings. The molecule has 0 atom stereocenters. The molecule has 1 heterocycles. The molecule has 0 unspecified atom stereocenters. The van der Waals surface area contributed by atoms with Gasteiger partial charge >= 0.3 is 0 Å². The maximum atomic E-state index is 3.69. The third kappa shape index (κ3) is 1.35. The lowest BCUT2D eigenvalue weighted by atomic mass is 10.3. The van der Waals surface area contributed by atoms with Crippen molar-refractivity contribution in [2.75, 3.05) is 0 Å². The zero-order chi connectivity index (χ0) is 9.14. The maximum Gasteiger partial charge on any atom is 0.0436 e. The average Bonchev–Trinajstić information content (AvgIpc) is 2.29. The van der Waals surface area contributed by atoms with Crippen molar-refractivity contribution in [3.05, 3.63) is 35.0 Å². The van der Waals surface area contributed by atoms with Crippen molar-refractivity contribution in [1.82, 2.24) is 4.57 Å². The Morgan fingerprint density at radius 3 is 2.67 bits per heavy atom. The summed E-state index contributed by atoms with van der Waals surface area (Å²) in [6.45, 7) is 7.85. The van der Waals surface area contributed by atoms with Crippen molar-refractivity contribution >= 4 is 12.2 Å². The van der Waals surface area contributed by atoms with Crippen LogP contribution in [0.4, 0.5) is 0 Å². The van der Waals surface area contributed by atoms with E-state index in [9.17, 15) is 0 Å². The Bertz CT molecular complexity index is 393. The van der Waals surface area contributed by atoms with Gasteiger partial charge in [0, 0.05) is 18.1 Å². The van der Waals surface area contributed by atoms with Crippen LogP contribution >= 0.6 is 0 Å². The van der Waals surface area contributed by atoms with Crippen LogP contribution in [0.15, 0.2) is 18.7 Å². The SMILES string of the molecule is C=C/C=c1/cc(C)n(C)/c1=C/C. The van der Waals surface area contributed by atoms with Gasteiger partial charge in [0.15, 0.2) is 0 Å². The van der Waals surface area contributed by atoms with Gasteiger partial charge in [-0.3, -0.25) is 0 Å². The van der Waals surface area contributed by atoms with Gasteiger partial charge in [-0.1, -0.05) is 24.8 Å². The molecule has 1 aromatic heterocycles. The van der Waals surface area contributed by atoms with Crippen molar-refractivity contribution in [3.63, 3.8) is 0 Å². The molecular weight excluding hydrogens is 146 g/mol. The minimum absolute atomic E-state index is 1.24. The molecule has 0 N–H and O–H groups in total. The predicted molar refractivity (Wildman–Crippen MR) is 54.2 cm³/mol. The van der Waals surface area contributed by atoms with Gasteiger partial charge in [-0.25, -0.2) is 0 Å². The molecule has 64 valence electrons. The van der Waals surface area contributed by atoms with E-state index < -0.39 is 0 Å². The summed E-state index contributed by atoms with van der Waals surface area (Å²) in [5, 5.41) is 2.50. The Hall–Kier alpha value is -1.24. The van der Waals surface area contributed by atoms with Crippen LogP contribution in [0.25, 0.3) is 12.2 Å². The van der Waals surface area contributed by atoms with Crippen molar-refractivity contribution < 1.29 is 0 Å². The van der Waals surface area contributed by atoms with Gasteiger partial charge in [0.05, 0.1) is 0 Å². The van der Waals surface area contributed by atoms with Gasteiger partial charge in [0.25, 0.3) is 0 Å². The minimum Gasteiger partial charge on any atom is -0.348 e. The summed E-state index contributed by atoms with van der Waals surface area (Å²) >= 11 is 0. The Labute approximate surface area is 73.3 Å².